The van der Waals surface area contributed by atoms with Crippen molar-refractivity contribution in [2.75, 3.05) is 10.6 Å². The lowest BCUT2D eigenvalue weighted by Gasteiger charge is -2.22. The topological polar surface area (TPSA) is 110 Å². The summed E-state index contributed by atoms with van der Waals surface area (Å²) in [6.45, 7) is 5.36. The van der Waals surface area contributed by atoms with Gasteiger partial charge in [0.25, 0.3) is 5.91 Å². The van der Waals surface area contributed by atoms with Crippen molar-refractivity contribution in [2.24, 2.45) is 5.73 Å². The number of rotatable bonds is 6. The Labute approximate surface area is 152 Å². The second-order valence-electron chi connectivity index (χ2n) is 5.95. The first-order chi connectivity index (χ1) is 11.3. The summed E-state index contributed by atoms with van der Waals surface area (Å²) in [6, 6.07) is 6.81. The minimum atomic E-state index is -0.909. The number of hydrogen-bond donors (Lipinski definition) is 3. The van der Waals surface area contributed by atoms with Crippen molar-refractivity contribution in [2.45, 2.75) is 39.2 Å². The standard InChI is InChI=1S/C17H22N4O3.ClH/c1-4-9-17(3,18)16(23)21-13-7-5-12(6-8-13)20-15(22)14-10-19-24-11(14)2;/h5-8,10H,4,9,18H2,1-3H3,(H,20,22)(H,21,23);1H. The first-order valence-corrected chi connectivity index (χ1v) is 7.76. The first kappa shape index (κ1) is 20.7. The molecule has 25 heavy (non-hydrogen) atoms. The summed E-state index contributed by atoms with van der Waals surface area (Å²) in [4.78, 5) is 24.2. The van der Waals surface area contributed by atoms with Crippen LogP contribution >= 0.6 is 12.4 Å². The van der Waals surface area contributed by atoms with E-state index in [0.29, 0.717) is 29.1 Å². The molecule has 1 unspecified atom stereocenters. The SMILES string of the molecule is CCCC(C)(N)C(=O)Nc1ccc(NC(=O)c2cnoc2C)cc1.Cl. The van der Waals surface area contributed by atoms with Crippen LogP contribution in [-0.4, -0.2) is 22.5 Å². The number of nitrogens with one attached hydrogen (secondary N) is 2. The number of amides is 2. The molecule has 1 heterocycles. The van der Waals surface area contributed by atoms with Crippen molar-refractivity contribution in [3.05, 3.63) is 41.8 Å². The fourth-order valence-corrected chi connectivity index (χ4v) is 2.26. The average Bonchev–Trinajstić information content (AvgIpc) is 2.95. The highest BCUT2D eigenvalue weighted by molar-refractivity contribution is 6.05. The Hall–Kier alpha value is -2.38. The average molecular weight is 367 g/mol. The highest BCUT2D eigenvalue weighted by Crippen LogP contribution is 2.18. The molecule has 0 fully saturated rings. The van der Waals surface area contributed by atoms with Crippen molar-refractivity contribution >= 4 is 35.6 Å². The summed E-state index contributed by atoms with van der Waals surface area (Å²) in [5.74, 6) is -0.0845. The maximum absolute atomic E-state index is 12.2. The van der Waals surface area contributed by atoms with E-state index in [0.717, 1.165) is 6.42 Å². The van der Waals surface area contributed by atoms with E-state index in [-0.39, 0.29) is 24.2 Å². The number of halogens is 1. The zero-order valence-corrected chi connectivity index (χ0v) is 15.3. The number of nitrogens with two attached hydrogens (primary N) is 1. The summed E-state index contributed by atoms with van der Waals surface area (Å²) >= 11 is 0. The maximum atomic E-state index is 12.2. The number of aryl methyl sites for hydroxylation is 1. The van der Waals surface area contributed by atoms with E-state index in [9.17, 15) is 9.59 Å². The van der Waals surface area contributed by atoms with Crippen LogP contribution in [0.4, 0.5) is 11.4 Å². The molecule has 0 aliphatic heterocycles. The lowest BCUT2D eigenvalue weighted by Crippen LogP contribution is -2.48. The van der Waals surface area contributed by atoms with Gasteiger partial charge in [-0.05, 0) is 44.5 Å². The third kappa shape index (κ3) is 5.30. The van der Waals surface area contributed by atoms with Crippen molar-refractivity contribution in [3.63, 3.8) is 0 Å². The molecule has 0 saturated heterocycles. The fraction of sp³-hybridized carbons (Fsp3) is 0.353. The molecule has 7 nitrogen and oxygen atoms in total. The van der Waals surface area contributed by atoms with Crippen LogP contribution in [0.1, 0.15) is 42.8 Å². The zero-order chi connectivity index (χ0) is 17.7. The van der Waals surface area contributed by atoms with Crippen LogP contribution in [0.3, 0.4) is 0 Å². The number of hydrogen-bond acceptors (Lipinski definition) is 5. The lowest BCUT2D eigenvalue weighted by atomic mass is 9.96. The number of anilines is 2. The van der Waals surface area contributed by atoms with Gasteiger partial charge in [0, 0.05) is 11.4 Å². The second kappa shape index (κ2) is 8.64. The van der Waals surface area contributed by atoms with Crippen molar-refractivity contribution in [3.8, 4) is 0 Å². The van der Waals surface area contributed by atoms with E-state index in [1.165, 1.54) is 6.20 Å². The molecule has 4 N–H and O–H groups in total. The molecule has 0 bridgehead atoms. The first-order valence-electron chi connectivity index (χ1n) is 7.76. The fourth-order valence-electron chi connectivity index (χ4n) is 2.26. The molecule has 8 heteroatoms. The van der Waals surface area contributed by atoms with Crippen LogP contribution < -0.4 is 16.4 Å². The largest absolute Gasteiger partial charge is 0.361 e. The van der Waals surface area contributed by atoms with Gasteiger partial charge in [-0.3, -0.25) is 9.59 Å². The summed E-state index contributed by atoms with van der Waals surface area (Å²) in [7, 11) is 0. The molecule has 136 valence electrons. The summed E-state index contributed by atoms with van der Waals surface area (Å²) in [6.07, 6.45) is 2.80. The predicted octanol–water partition coefficient (Wildman–Crippen LogP) is 3.11. The van der Waals surface area contributed by atoms with Crippen LogP contribution in [0.15, 0.2) is 35.0 Å². The number of carbonyl (C=O) groups excluding carboxylic acids is 2. The molecule has 0 spiro atoms. The second-order valence-corrected chi connectivity index (χ2v) is 5.95. The molecular formula is C17H23ClN4O3. The Bertz CT molecular complexity index is 726. The van der Waals surface area contributed by atoms with Gasteiger partial charge in [0.2, 0.25) is 5.91 Å². The highest BCUT2D eigenvalue weighted by Gasteiger charge is 2.27. The number of benzene rings is 1. The van der Waals surface area contributed by atoms with Gasteiger partial charge in [-0.15, -0.1) is 12.4 Å². The molecule has 0 aliphatic carbocycles. The quantitative estimate of drug-likeness (QED) is 0.727. The zero-order valence-electron chi connectivity index (χ0n) is 14.5. The molecule has 2 rings (SSSR count). The minimum Gasteiger partial charge on any atom is -0.361 e. The van der Waals surface area contributed by atoms with E-state index >= 15 is 0 Å². The molecule has 0 aliphatic rings. The van der Waals surface area contributed by atoms with Gasteiger partial charge in [0.05, 0.1) is 11.7 Å². The van der Waals surface area contributed by atoms with Crippen molar-refractivity contribution in [1.82, 2.24) is 5.16 Å². The molecule has 2 aromatic rings. The smallest absolute Gasteiger partial charge is 0.260 e. The van der Waals surface area contributed by atoms with E-state index in [2.05, 4.69) is 15.8 Å². The van der Waals surface area contributed by atoms with Crippen molar-refractivity contribution < 1.29 is 14.1 Å². The molecule has 1 aromatic carbocycles. The molecule has 1 aromatic heterocycles. The Morgan fingerprint density at radius 3 is 2.24 bits per heavy atom. The molecule has 1 atom stereocenters. The Morgan fingerprint density at radius 2 is 1.76 bits per heavy atom. The van der Waals surface area contributed by atoms with Gasteiger partial charge in [0.15, 0.2) is 0 Å². The van der Waals surface area contributed by atoms with Crippen molar-refractivity contribution in [1.29, 1.82) is 0 Å². The van der Waals surface area contributed by atoms with E-state index in [4.69, 9.17) is 10.3 Å². The molecule has 2 amide bonds. The summed E-state index contributed by atoms with van der Waals surface area (Å²) in [5, 5.41) is 9.10. The van der Waals surface area contributed by atoms with Gasteiger partial charge >= 0.3 is 0 Å². The van der Waals surface area contributed by atoms with Gasteiger partial charge in [-0.1, -0.05) is 18.5 Å². The van der Waals surface area contributed by atoms with Gasteiger partial charge < -0.3 is 20.9 Å². The van der Waals surface area contributed by atoms with E-state index < -0.39 is 5.54 Å². The third-order valence-electron chi connectivity index (χ3n) is 3.68. The van der Waals surface area contributed by atoms with Gasteiger partial charge in [0.1, 0.15) is 11.3 Å². The Balaban J connectivity index is 0.00000312. The van der Waals surface area contributed by atoms with E-state index in [1.807, 2.05) is 6.92 Å². The molecular weight excluding hydrogens is 344 g/mol. The highest BCUT2D eigenvalue weighted by atomic mass is 35.5. The predicted molar refractivity (Wildman–Crippen MR) is 99.0 cm³/mol. The monoisotopic (exact) mass is 366 g/mol. The van der Waals surface area contributed by atoms with Crippen LogP contribution in [0.25, 0.3) is 0 Å². The van der Waals surface area contributed by atoms with E-state index in [1.54, 1.807) is 38.1 Å². The Morgan fingerprint density at radius 1 is 1.20 bits per heavy atom. The molecule has 0 radical (unpaired) electrons. The van der Waals surface area contributed by atoms with Crippen LogP contribution in [0.5, 0.6) is 0 Å². The van der Waals surface area contributed by atoms with Crippen LogP contribution in [-0.2, 0) is 4.79 Å². The molecule has 0 saturated carbocycles. The third-order valence-corrected chi connectivity index (χ3v) is 3.68. The summed E-state index contributed by atoms with van der Waals surface area (Å²) in [5.41, 5.74) is 6.69. The minimum absolute atomic E-state index is 0. The summed E-state index contributed by atoms with van der Waals surface area (Å²) < 4.78 is 4.87. The Kier molecular flexibility index (Phi) is 7.14. The lowest BCUT2D eigenvalue weighted by molar-refractivity contribution is -0.120. The van der Waals surface area contributed by atoms with Crippen LogP contribution in [0, 0.1) is 6.92 Å². The van der Waals surface area contributed by atoms with Gasteiger partial charge in [-0.2, -0.15) is 0 Å². The maximum Gasteiger partial charge on any atom is 0.260 e. The van der Waals surface area contributed by atoms with Crippen LogP contribution in [0.2, 0.25) is 0 Å². The number of carbonyl (C=O) groups is 2. The number of aromatic nitrogens is 1. The number of nitrogens with zero attached hydrogens (tertiary/aromatic N) is 1. The normalized spacial score (nSPS) is 12.6. The van der Waals surface area contributed by atoms with Gasteiger partial charge in [-0.25, -0.2) is 0 Å².